The third-order valence-corrected chi connectivity index (χ3v) is 5.95. The van der Waals surface area contributed by atoms with E-state index in [2.05, 4.69) is 0 Å². The topological polar surface area (TPSA) is 91.0 Å². The van der Waals surface area contributed by atoms with Gasteiger partial charge in [0.05, 0.1) is 25.4 Å². The highest BCUT2D eigenvalue weighted by Gasteiger charge is 2.32. The van der Waals surface area contributed by atoms with Crippen LogP contribution in [0.2, 0.25) is 0 Å². The van der Waals surface area contributed by atoms with Crippen molar-refractivity contribution in [1.82, 2.24) is 0 Å². The van der Waals surface area contributed by atoms with Gasteiger partial charge in [-0.3, -0.25) is 0 Å². The van der Waals surface area contributed by atoms with Gasteiger partial charge in [0.2, 0.25) is 0 Å². The number of aliphatic hydroxyl groups excluding tert-OH is 1. The number of aliphatic hydroxyl groups is 1. The van der Waals surface area contributed by atoms with Crippen LogP contribution in [-0.2, 0) is 15.9 Å². The Balaban J connectivity index is 1.75. The number of esters is 1. The molecule has 186 valence electrons. The van der Waals surface area contributed by atoms with Crippen molar-refractivity contribution in [3.8, 4) is 5.75 Å². The number of hydrogen-bond donors (Lipinski definition) is 2. The van der Waals surface area contributed by atoms with Crippen molar-refractivity contribution in [2.45, 2.75) is 57.6 Å². The molecule has 3 N–H and O–H groups in total. The van der Waals surface area contributed by atoms with E-state index in [1.54, 1.807) is 13.2 Å². The Morgan fingerprint density at radius 3 is 2.59 bits per heavy atom. The third-order valence-electron chi connectivity index (χ3n) is 5.95. The van der Waals surface area contributed by atoms with Crippen molar-refractivity contribution in [3.05, 3.63) is 64.5 Å². The number of nitrogens with two attached hydrogens (primary N) is 1. The van der Waals surface area contributed by atoms with Crippen LogP contribution < -0.4 is 10.5 Å². The summed E-state index contributed by atoms with van der Waals surface area (Å²) in [6.07, 6.45) is 2.39. The van der Waals surface area contributed by atoms with E-state index >= 15 is 0 Å². The highest BCUT2D eigenvalue weighted by molar-refractivity contribution is 5.90. The molecular formula is C27H36FNO5. The second kappa shape index (κ2) is 11.3. The molecule has 1 saturated carbocycles. The van der Waals surface area contributed by atoms with E-state index in [4.69, 9.17) is 19.9 Å². The van der Waals surface area contributed by atoms with Crippen molar-refractivity contribution in [2.75, 3.05) is 26.9 Å². The molecule has 7 heteroatoms. The quantitative estimate of drug-likeness (QED) is 0.440. The summed E-state index contributed by atoms with van der Waals surface area (Å²) in [5, 5.41) is 9.45. The van der Waals surface area contributed by atoms with Gasteiger partial charge in [-0.15, -0.1) is 0 Å². The van der Waals surface area contributed by atoms with Gasteiger partial charge in [0, 0.05) is 31.6 Å². The number of halogens is 1. The summed E-state index contributed by atoms with van der Waals surface area (Å²) in [6, 6.07) is 10.6. The molecule has 1 aliphatic rings. The Kier molecular flexibility index (Phi) is 8.68. The van der Waals surface area contributed by atoms with Crippen molar-refractivity contribution < 1.29 is 28.5 Å². The molecular weight excluding hydrogens is 437 g/mol. The van der Waals surface area contributed by atoms with Gasteiger partial charge in [-0.1, -0.05) is 24.3 Å². The minimum Gasteiger partial charge on any atom is -0.493 e. The molecule has 0 saturated heterocycles. The number of benzene rings is 2. The maximum absolute atomic E-state index is 15.0. The average Bonchev–Trinajstić information content (AvgIpc) is 3.61. The smallest absolute Gasteiger partial charge is 0.341 e. The number of methoxy groups -OCH3 is 1. The average molecular weight is 474 g/mol. The molecule has 6 nitrogen and oxygen atoms in total. The zero-order valence-electron chi connectivity index (χ0n) is 20.5. The van der Waals surface area contributed by atoms with Gasteiger partial charge in [-0.05, 0) is 62.3 Å². The highest BCUT2D eigenvalue weighted by Crippen LogP contribution is 2.45. The van der Waals surface area contributed by atoms with E-state index in [0.29, 0.717) is 18.8 Å². The van der Waals surface area contributed by atoms with Gasteiger partial charge >= 0.3 is 5.97 Å². The Morgan fingerprint density at radius 1 is 1.24 bits per heavy atom. The molecule has 0 aromatic heterocycles. The largest absolute Gasteiger partial charge is 0.493 e. The predicted molar refractivity (Wildman–Crippen MR) is 129 cm³/mol. The van der Waals surface area contributed by atoms with Gasteiger partial charge < -0.3 is 25.1 Å². The molecule has 0 amide bonds. The fourth-order valence-electron chi connectivity index (χ4n) is 3.98. The zero-order valence-corrected chi connectivity index (χ0v) is 20.5. The molecule has 1 unspecified atom stereocenters. The number of carbonyl (C=O) groups is 1. The van der Waals surface area contributed by atoms with Crippen LogP contribution in [0, 0.1) is 11.7 Å². The lowest BCUT2D eigenvalue weighted by molar-refractivity contribution is -0.00114. The van der Waals surface area contributed by atoms with Gasteiger partial charge in [0.1, 0.15) is 17.2 Å². The summed E-state index contributed by atoms with van der Waals surface area (Å²) < 4.78 is 31.6. The van der Waals surface area contributed by atoms with Crippen LogP contribution in [0.3, 0.4) is 0 Å². The van der Waals surface area contributed by atoms with Crippen LogP contribution in [-0.4, -0.2) is 43.6 Å². The monoisotopic (exact) mass is 473 g/mol. The van der Waals surface area contributed by atoms with Crippen LogP contribution in [0.1, 0.15) is 72.6 Å². The second-order valence-electron chi connectivity index (χ2n) is 9.82. The minimum atomic E-state index is -0.844. The Labute approximate surface area is 201 Å². The van der Waals surface area contributed by atoms with Gasteiger partial charge in [-0.25, -0.2) is 9.18 Å². The molecule has 0 radical (unpaired) electrons. The molecule has 1 aliphatic carbocycles. The SMILES string of the molecule is COCC(CO)COc1cc(F)c(C(=O)OC(C)(C)Cc2cccc([C@H](C)N)c2)cc1C1CC1. The summed E-state index contributed by atoms with van der Waals surface area (Å²) in [7, 11) is 1.55. The number of carbonyl (C=O) groups excluding carboxylic acids is 1. The first-order valence-corrected chi connectivity index (χ1v) is 11.8. The van der Waals surface area contributed by atoms with E-state index in [9.17, 15) is 14.3 Å². The Bertz CT molecular complexity index is 987. The van der Waals surface area contributed by atoms with Gasteiger partial charge in [-0.2, -0.15) is 0 Å². The van der Waals surface area contributed by atoms with Crippen molar-refractivity contribution in [2.24, 2.45) is 11.7 Å². The molecule has 0 heterocycles. The van der Waals surface area contributed by atoms with Crippen molar-refractivity contribution >= 4 is 5.97 Å². The van der Waals surface area contributed by atoms with Gasteiger partial charge in [0.25, 0.3) is 0 Å². The molecule has 0 aliphatic heterocycles. The maximum Gasteiger partial charge on any atom is 0.341 e. The summed E-state index contributed by atoms with van der Waals surface area (Å²) >= 11 is 0. The lowest BCUT2D eigenvalue weighted by Crippen LogP contribution is -2.31. The van der Waals surface area contributed by atoms with Crippen molar-refractivity contribution in [3.63, 3.8) is 0 Å². The fourth-order valence-corrected chi connectivity index (χ4v) is 3.98. The molecule has 1 fully saturated rings. The molecule has 2 atom stereocenters. The number of ether oxygens (including phenoxy) is 3. The van der Waals surface area contributed by atoms with Crippen molar-refractivity contribution in [1.29, 1.82) is 0 Å². The summed E-state index contributed by atoms with van der Waals surface area (Å²) in [5.74, 6) is -0.978. The first-order chi connectivity index (χ1) is 16.1. The molecule has 2 aromatic carbocycles. The molecule has 3 rings (SSSR count). The normalized spacial score (nSPS) is 15.6. The predicted octanol–water partition coefficient (Wildman–Crippen LogP) is 4.53. The van der Waals surface area contributed by atoms with E-state index in [1.165, 1.54) is 6.07 Å². The zero-order chi connectivity index (χ0) is 24.9. The Morgan fingerprint density at radius 2 is 1.97 bits per heavy atom. The molecule has 34 heavy (non-hydrogen) atoms. The van der Waals surface area contributed by atoms with Crippen LogP contribution >= 0.6 is 0 Å². The fraction of sp³-hybridized carbons (Fsp3) is 0.519. The summed E-state index contributed by atoms with van der Waals surface area (Å²) in [4.78, 5) is 13.0. The van der Waals surface area contributed by atoms with E-state index in [0.717, 1.165) is 29.5 Å². The Hall–Kier alpha value is -2.48. The molecule has 0 spiro atoms. The van der Waals surface area contributed by atoms with Crippen LogP contribution in [0.4, 0.5) is 4.39 Å². The summed E-state index contributed by atoms with van der Waals surface area (Å²) in [5.41, 5.74) is 7.83. The first-order valence-electron chi connectivity index (χ1n) is 11.8. The van der Waals surface area contributed by atoms with Gasteiger partial charge in [0.15, 0.2) is 0 Å². The first kappa shape index (κ1) is 26.1. The standard InChI is InChI=1S/C27H36FNO5/c1-17(29)21-7-5-6-18(10-21)13-27(2,3)34-26(31)23-11-22(20-8-9-20)25(12-24(23)28)33-16-19(14-30)15-32-4/h5-7,10-12,17,19-20,30H,8-9,13-16,29H2,1-4H3/t17-,19?/m0/s1. The number of hydrogen-bond acceptors (Lipinski definition) is 6. The lowest BCUT2D eigenvalue weighted by Gasteiger charge is -2.26. The number of rotatable bonds is 12. The van der Waals surface area contributed by atoms with Crippen LogP contribution in [0.15, 0.2) is 36.4 Å². The van der Waals surface area contributed by atoms with E-state index in [-0.39, 0.29) is 36.7 Å². The van der Waals surface area contributed by atoms with E-state index < -0.39 is 17.4 Å². The molecule has 0 bridgehead atoms. The maximum atomic E-state index is 15.0. The minimum absolute atomic E-state index is 0.0940. The van der Waals surface area contributed by atoms with Crippen LogP contribution in [0.25, 0.3) is 0 Å². The highest BCUT2D eigenvalue weighted by atomic mass is 19.1. The molecule has 2 aromatic rings. The summed E-state index contributed by atoms with van der Waals surface area (Å²) in [6.45, 7) is 5.98. The van der Waals surface area contributed by atoms with Crippen LogP contribution in [0.5, 0.6) is 5.75 Å². The van der Waals surface area contributed by atoms with E-state index in [1.807, 2.05) is 45.0 Å². The second-order valence-corrected chi connectivity index (χ2v) is 9.82. The lowest BCUT2D eigenvalue weighted by atomic mass is 9.95. The third kappa shape index (κ3) is 7.01.